The average molecular weight is 441 g/mol. The molecule has 0 aliphatic rings. The second-order valence-electron chi connectivity index (χ2n) is 5.17. The standard InChI is InChI=1S/C8H6BrNO4.C8H7NO4/c1-4-6(8(11)12)2-5(9)3-7(4)10(13)14;1-5-6(8(10)11)3-2-4-7(5)9(12)13/h2-3H,1H3,(H,11,12);2-4H,1H3,(H,10,11). The summed E-state index contributed by atoms with van der Waals surface area (Å²) in [7, 11) is 0. The van der Waals surface area contributed by atoms with Crippen LogP contribution in [-0.4, -0.2) is 32.0 Å². The van der Waals surface area contributed by atoms with Crippen molar-refractivity contribution in [2.45, 2.75) is 13.8 Å². The van der Waals surface area contributed by atoms with Gasteiger partial charge in [-0.15, -0.1) is 0 Å². The Morgan fingerprint density at radius 2 is 1.37 bits per heavy atom. The Bertz CT molecular complexity index is 875. The summed E-state index contributed by atoms with van der Waals surface area (Å²) in [6, 6.07) is 6.59. The minimum atomic E-state index is -1.17. The maximum absolute atomic E-state index is 10.7. The summed E-state index contributed by atoms with van der Waals surface area (Å²) in [5.74, 6) is -2.33. The Morgan fingerprint density at radius 1 is 0.889 bits per heavy atom. The van der Waals surface area contributed by atoms with E-state index in [1.807, 2.05) is 0 Å². The van der Waals surface area contributed by atoms with E-state index in [4.69, 9.17) is 10.2 Å². The van der Waals surface area contributed by atoms with E-state index in [-0.39, 0.29) is 33.6 Å². The highest BCUT2D eigenvalue weighted by atomic mass is 79.9. The van der Waals surface area contributed by atoms with Crippen LogP contribution in [-0.2, 0) is 0 Å². The van der Waals surface area contributed by atoms with Crippen molar-refractivity contribution in [3.63, 3.8) is 0 Å². The highest BCUT2D eigenvalue weighted by molar-refractivity contribution is 9.10. The van der Waals surface area contributed by atoms with Crippen LogP contribution in [0.4, 0.5) is 11.4 Å². The molecule has 27 heavy (non-hydrogen) atoms. The van der Waals surface area contributed by atoms with Crippen LogP contribution in [0.5, 0.6) is 0 Å². The molecule has 2 rings (SSSR count). The molecule has 0 bridgehead atoms. The third-order valence-electron chi connectivity index (χ3n) is 3.50. The SMILES string of the molecule is Cc1c(C(=O)O)cc(Br)cc1[N+](=O)[O-].Cc1c(C(=O)O)cccc1[N+](=O)[O-]. The highest BCUT2D eigenvalue weighted by Gasteiger charge is 2.19. The average Bonchev–Trinajstić information content (AvgIpc) is 2.56. The molecule has 2 aromatic rings. The molecule has 0 saturated carbocycles. The van der Waals surface area contributed by atoms with E-state index >= 15 is 0 Å². The fraction of sp³-hybridized carbons (Fsp3) is 0.125. The second kappa shape index (κ2) is 8.85. The maximum Gasteiger partial charge on any atom is 0.336 e. The van der Waals surface area contributed by atoms with Gasteiger partial charge < -0.3 is 10.2 Å². The van der Waals surface area contributed by atoms with Gasteiger partial charge in [0, 0.05) is 27.7 Å². The minimum Gasteiger partial charge on any atom is -0.478 e. The summed E-state index contributed by atoms with van der Waals surface area (Å²) >= 11 is 3.02. The first kappa shape index (κ1) is 21.7. The van der Waals surface area contributed by atoms with E-state index in [0.29, 0.717) is 4.47 Å². The number of nitro benzene ring substituents is 2. The molecule has 142 valence electrons. The summed E-state index contributed by atoms with van der Waals surface area (Å²) < 4.78 is 0.382. The molecule has 0 unspecified atom stereocenters. The summed E-state index contributed by atoms with van der Waals surface area (Å²) in [6.07, 6.45) is 0. The molecule has 0 fully saturated rings. The van der Waals surface area contributed by atoms with Crippen LogP contribution in [0.3, 0.4) is 0 Å². The lowest BCUT2D eigenvalue weighted by molar-refractivity contribution is -0.385. The number of hydrogen-bond acceptors (Lipinski definition) is 6. The molecule has 0 aliphatic heterocycles. The Hall–Kier alpha value is -3.34. The Kier molecular flexibility index (Phi) is 7.11. The van der Waals surface area contributed by atoms with Gasteiger partial charge in [0.25, 0.3) is 11.4 Å². The molecular weight excluding hydrogens is 428 g/mol. The third kappa shape index (κ3) is 5.31. The normalized spacial score (nSPS) is 9.74. The quantitative estimate of drug-likeness (QED) is 0.532. The third-order valence-corrected chi connectivity index (χ3v) is 3.96. The van der Waals surface area contributed by atoms with Gasteiger partial charge in [0.05, 0.1) is 21.0 Å². The van der Waals surface area contributed by atoms with E-state index < -0.39 is 21.8 Å². The van der Waals surface area contributed by atoms with Crippen molar-refractivity contribution in [1.29, 1.82) is 0 Å². The predicted octanol–water partition coefficient (Wildman–Crippen LogP) is 3.97. The highest BCUT2D eigenvalue weighted by Crippen LogP contribution is 2.26. The Morgan fingerprint density at radius 3 is 1.81 bits per heavy atom. The van der Waals surface area contributed by atoms with Crippen molar-refractivity contribution in [3.05, 3.63) is 77.3 Å². The number of carboxylic acid groups (broad SMARTS) is 2. The lowest BCUT2D eigenvalue weighted by Crippen LogP contribution is -2.03. The Labute approximate surface area is 160 Å². The van der Waals surface area contributed by atoms with Crippen LogP contribution in [0.2, 0.25) is 0 Å². The number of carbonyl (C=O) groups is 2. The van der Waals surface area contributed by atoms with Crippen molar-refractivity contribution >= 4 is 39.2 Å². The second-order valence-corrected chi connectivity index (χ2v) is 6.09. The summed E-state index contributed by atoms with van der Waals surface area (Å²) in [6.45, 7) is 2.83. The van der Waals surface area contributed by atoms with Gasteiger partial charge in [-0.25, -0.2) is 9.59 Å². The molecule has 0 amide bonds. The molecule has 0 aromatic heterocycles. The van der Waals surface area contributed by atoms with Crippen LogP contribution in [0.25, 0.3) is 0 Å². The van der Waals surface area contributed by atoms with E-state index in [1.54, 1.807) is 0 Å². The van der Waals surface area contributed by atoms with Crippen molar-refractivity contribution in [3.8, 4) is 0 Å². The van der Waals surface area contributed by atoms with Crippen LogP contribution in [0, 0.1) is 34.1 Å². The van der Waals surface area contributed by atoms with Gasteiger partial charge in [-0.05, 0) is 26.0 Å². The molecule has 10 nitrogen and oxygen atoms in total. The first-order chi connectivity index (χ1) is 12.5. The summed E-state index contributed by atoms with van der Waals surface area (Å²) in [5.41, 5.74) is -0.123. The molecule has 0 aliphatic carbocycles. The summed E-state index contributed by atoms with van der Waals surface area (Å²) in [4.78, 5) is 41.0. The number of nitrogens with zero attached hydrogens (tertiary/aromatic N) is 2. The monoisotopic (exact) mass is 440 g/mol. The summed E-state index contributed by atoms with van der Waals surface area (Å²) in [5, 5.41) is 38.4. The molecule has 0 heterocycles. The maximum atomic E-state index is 10.7. The van der Waals surface area contributed by atoms with E-state index in [2.05, 4.69) is 15.9 Å². The van der Waals surface area contributed by atoms with Crippen molar-refractivity contribution < 1.29 is 29.6 Å². The molecule has 0 spiro atoms. The Balaban J connectivity index is 0.000000271. The molecular formula is C16H13BrN2O8. The predicted molar refractivity (Wildman–Crippen MR) is 97.3 cm³/mol. The molecule has 2 aromatic carbocycles. The first-order valence-corrected chi connectivity index (χ1v) is 7.91. The van der Waals surface area contributed by atoms with Gasteiger partial charge >= 0.3 is 11.9 Å². The number of nitro groups is 2. The molecule has 0 saturated heterocycles. The van der Waals surface area contributed by atoms with E-state index in [9.17, 15) is 29.8 Å². The van der Waals surface area contributed by atoms with Gasteiger partial charge in [0.1, 0.15) is 0 Å². The van der Waals surface area contributed by atoms with Crippen LogP contribution < -0.4 is 0 Å². The van der Waals surface area contributed by atoms with Gasteiger partial charge in [-0.3, -0.25) is 20.2 Å². The smallest absolute Gasteiger partial charge is 0.336 e. The minimum absolute atomic E-state index is 0.0331. The van der Waals surface area contributed by atoms with E-state index in [1.165, 1.54) is 44.2 Å². The molecule has 11 heteroatoms. The number of benzene rings is 2. The zero-order valence-electron chi connectivity index (χ0n) is 14.0. The van der Waals surface area contributed by atoms with Gasteiger partial charge in [0.2, 0.25) is 0 Å². The number of hydrogen-bond donors (Lipinski definition) is 2. The van der Waals surface area contributed by atoms with Gasteiger partial charge in [-0.2, -0.15) is 0 Å². The van der Waals surface area contributed by atoms with Crippen LogP contribution in [0.15, 0.2) is 34.8 Å². The van der Waals surface area contributed by atoms with Crippen molar-refractivity contribution in [1.82, 2.24) is 0 Å². The van der Waals surface area contributed by atoms with Gasteiger partial charge in [-0.1, -0.05) is 22.0 Å². The first-order valence-electron chi connectivity index (χ1n) is 7.12. The largest absolute Gasteiger partial charge is 0.478 e. The number of halogens is 1. The number of aromatic carboxylic acids is 2. The fourth-order valence-corrected chi connectivity index (χ4v) is 2.58. The van der Waals surface area contributed by atoms with Crippen molar-refractivity contribution in [2.24, 2.45) is 0 Å². The molecule has 0 atom stereocenters. The fourth-order valence-electron chi connectivity index (χ4n) is 2.13. The van der Waals surface area contributed by atoms with Crippen molar-refractivity contribution in [2.75, 3.05) is 0 Å². The van der Waals surface area contributed by atoms with Crippen LogP contribution >= 0.6 is 15.9 Å². The lowest BCUT2D eigenvalue weighted by Gasteiger charge is -2.02. The number of rotatable bonds is 4. The van der Waals surface area contributed by atoms with E-state index in [0.717, 1.165) is 0 Å². The molecule has 0 radical (unpaired) electrons. The molecule has 2 N–H and O–H groups in total. The number of carboxylic acids is 2. The lowest BCUT2D eigenvalue weighted by atomic mass is 10.1. The zero-order chi connectivity index (χ0) is 20.9. The van der Waals surface area contributed by atoms with Crippen LogP contribution in [0.1, 0.15) is 31.8 Å². The van der Waals surface area contributed by atoms with Gasteiger partial charge in [0.15, 0.2) is 0 Å². The zero-order valence-corrected chi connectivity index (χ0v) is 15.6. The topological polar surface area (TPSA) is 161 Å².